The number of thiophene rings is 1. The number of hydrogen-bond donors (Lipinski definition) is 2. The molecule has 0 bridgehead atoms. The molecule has 0 radical (unpaired) electrons. The molecule has 7 heteroatoms. The topological polar surface area (TPSA) is 75.3 Å². The Morgan fingerprint density at radius 1 is 1.18 bits per heavy atom. The molecule has 0 atom stereocenters. The molecule has 0 spiro atoms. The van der Waals surface area contributed by atoms with Crippen molar-refractivity contribution in [1.82, 2.24) is 4.72 Å². The van der Waals surface area contributed by atoms with Gasteiger partial charge in [0, 0.05) is 10.6 Å². The maximum absolute atomic E-state index is 12.0. The molecule has 5 nitrogen and oxygen atoms in total. The zero-order valence-electron chi connectivity index (χ0n) is 12.4. The average Bonchev–Trinajstić information content (AvgIpc) is 2.93. The summed E-state index contributed by atoms with van der Waals surface area (Å²) in [7, 11) is -3.63. The first-order valence-corrected chi connectivity index (χ1v) is 9.16. The number of benzene rings is 1. The van der Waals surface area contributed by atoms with Crippen LogP contribution in [0.25, 0.3) is 0 Å². The highest BCUT2D eigenvalue weighted by atomic mass is 32.2. The summed E-state index contributed by atoms with van der Waals surface area (Å²) in [4.78, 5) is 12.8. The molecule has 1 amide bonds. The molecule has 0 fully saturated rings. The third kappa shape index (κ3) is 4.16. The monoisotopic (exact) mass is 338 g/mol. The number of para-hydroxylation sites is 1. The standard InChI is InChI=1S/C15H18N2O3S2/c1-3-12-6-4-5-7-13(12)17-14(18)10-16-22(19,20)15-9-8-11(2)21-15/h4-9,16H,3,10H2,1-2H3,(H,17,18). The molecule has 0 aliphatic carbocycles. The van der Waals surface area contributed by atoms with Crippen molar-refractivity contribution in [3.05, 3.63) is 46.8 Å². The van der Waals surface area contributed by atoms with Crippen molar-refractivity contribution in [1.29, 1.82) is 0 Å². The summed E-state index contributed by atoms with van der Waals surface area (Å²) < 4.78 is 26.6. The highest BCUT2D eigenvalue weighted by Crippen LogP contribution is 2.20. The van der Waals surface area contributed by atoms with Gasteiger partial charge < -0.3 is 5.32 Å². The largest absolute Gasteiger partial charge is 0.325 e. The van der Waals surface area contributed by atoms with Gasteiger partial charge in [0.25, 0.3) is 10.0 Å². The maximum atomic E-state index is 12.0. The lowest BCUT2D eigenvalue weighted by Crippen LogP contribution is -2.32. The van der Waals surface area contributed by atoms with Gasteiger partial charge in [0.2, 0.25) is 5.91 Å². The fourth-order valence-corrected chi connectivity index (χ4v) is 4.24. The van der Waals surface area contributed by atoms with Crippen LogP contribution >= 0.6 is 11.3 Å². The second kappa shape index (κ2) is 7.04. The Morgan fingerprint density at radius 3 is 2.55 bits per heavy atom. The van der Waals surface area contributed by atoms with Crippen molar-refractivity contribution < 1.29 is 13.2 Å². The summed E-state index contributed by atoms with van der Waals surface area (Å²) in [5, 5.41) is 2.73. The minimum Gasteiger partial charge on any atom is -0.325 e. The van der Waals surface area contributed by atoms with Crippen molar-refractivity contribution in [2.75, 3.05) is 11.9 Å². The Bertz CT molecular complexity index is 767. The third-order valence-electron chi connectivity index (χ3n) is 3.08. The minimum absolute atomic E-state index is 0.215. The Morgan fingerprint density at radius 2 is 1.91 bits per heavy atom. The number of amides is 1. The van der Waals surface area contributed by atoms with Crippen LogP contribution in [-0.2, 0) is 21.2 Å². The van der Waals surface area contributed by atoms with E-state index in [1.807, 2.05) is 32.0 Å². The first-order valence-electron chi connectivity index (χ1n) is 6.86. The van der Waals surface area contributed by atoms with E-state index in [1.54, 1.807) is 12.1 Å². The molecule has 0 saturated heterocycles. The van der Waals surface area contributed by atoms with Crippen molar-refractivity contribution in [2.24, 2.45) is 0 Å². The van der Waals surface area contributed by atoms with E-state index in [0.29, 0.717) is 5.69 Å². The van der Waals surface area contributed by atoms with Crippen LogP contribution < -0.4 is 10.0 Å². The summed E-state index contributed by atoms with van der Waals surface area (Å²) in [6.07, 6.45) is 0.788. The molecular formula is C15H18N2O3S2. The molecule has 118 valence electrons. The number of nitrogens with one attached hydrogen (secondary N) is 2. The number of carbonyl (C=O) groups excluding carboxylic acids is 1. The number of sulfonamides is 1. The van der Waals surface area contributed by atoms with Gasteiger partial charge in [-0.25, -0.2) is 13.1 Å². The normalized spacial score (nSPS) is 11.4. The van der Waals surface area contributed by atoms with Gasteiger partial charge in [0.15, 0.2) is 0 Å². The second-order valence-electron chi connectivity index (χ2n) is 4.75. The van der Waals surface area contributed by atoms with Gasteiger partial charge in [-0.1, -0.05) is 25.1 Å². The van der Waals surface area contributed by atoms with Gasteiger partial charge in [0.1, 0.15) is 4.21 Å². The fraction of sp³-hybridized carbons (Fsp3) is 0.267. The summed E-state index contributed by atoms with van der Waals surface area (Å²) >= 11 is 1.17. The summed E-state index contributed by atoms with van der Waals surface area (Å²) in [5.74, 6) is -0.391. The van der Waals surface area contributed by atoms with Crippen LogP contribution in [0.15, 0.2) is 40.6 Å². The fourth-order valence-electron chi connectivity index (χ4n) is 1.93. The van der Waals surface area contributed by atoms with Gasteiger partial charge in [-0.2, -0.15) is 0 Å². The van der Waals surface area contributed by atoms with Crippen LogP contribution in [0.4, 0.5) is 5.69 Å². The molecule has 2 rings (SSSR count). The number of hydrogen-bond acceptors (Lipinski definition) is 4. The van der Waals surface area contributed by atoms with Gasteiger partial charge in [-0.05, 0) is 37.1 Å². The van der Waals surface area contributed by atoms with Crippen LogP contribution in [0.1, 0.15) is 17.4 Å². The third-order valence-corrected chi connectivity index (χ3v) is 5.97. The van der Waals surface area contributed by atoms with Crippen LogP contribution in [0.2, 0.25) is 0 Å². The van der Waals surface area contributed by atoms with Crippen LogP contribution in [0, 0.1) is 6.92 Å². The van der Waals surface area contributed by atoms with Crippen LogP contribution in [0.5, 0.6) is 0 Å². The maximum Gasteiger partial charge on any atom is 0.250 e. The molecule has 0 unspecified atom stereocenters. The molecule has 0 aliphatic rings. The van der Waals surface area contributed by atoms with Crippen molar-refractivity contribution in [3.63, 3.8) is 0 Å². The lowest BCUT2D eigenvalue weighted by molar-refractivity contribution is -0.115. The molecule has 22 heavy (non-hydrogen) atoms. The Kier molecular flexibility index (Phi) is 5.33. The summed E-state index contributed by atoms with van der Waals surface area (Å²) in [6, 6.07) is 10.7. The predicted octanol–water partition coefficient (Wildman–Crippen LogP) is 2.54. The van der Waals surface area contributed by atoms with E-state index < -0.39 is 15.9 Å². The number of carbonyl (C=O) groups is 1. The molecule has 1 heterocycles. The van der Waals surface area contributed by atoms with E-state index in [9.17, 15) is 13.2 Å². The molecular weight excluding hydrogens is 320 g/mol. The van der Waals surface area contributed by atoms with Gasteiger partial charge in [-0.3, -0.25) is 4.79 Å². The predicted molar refractivity (Wildman–Crippen MR) is 88.7 cm³/mol. The second-order valence-corrected chi connectivity index (χ2v) is 8.03. The quantitative estimate of drug-likeness (QED) is 0.850. The van der Waals surface area contributed by atoms with Crippen molar-refractivity contribution in [2.45, 2.75) is 24.5 Å². The first kappa shape index (κ1) is 16.7. The molecule has 1 aromatic heterocycles. The van der Waals surface area contributed by atoms with E-state index >= 15 is 0 Å². The highest BCUT2D eigenvalue weighted by Gasteiger charge is 2.17. The summed E-state index contributed by atoms with van der Waals surface area (Å²) in [5.41, 5.74) is 1.72. The average molecular weight is 338 g/mol. The molecule has 0 saturated carbocycles. The number of anilines is 1. The zero-order valence-corrected chi connectivity index (χ0v) is 14.1. The lowest BCUT2D eigenvalue weighted by atomic mass is 10.1. The van der Waals surface area contributed by atoms with E-state index in [4.69, 9.17) is 0 Å². The minimum atomic E-state index is -3.63. The van der Waals surface area contributed by atoms with Crippen molar-refractivity contribution >= 4 is 33.0 Å². The number of rotatable bonds is 6. The Labute approximate surface area is 134 Å². The zero-order chi connectivity index (χ0) is 16.2. The van der Waals surface area contributed by atoms with Crippen LogP contribution in [-0.4, -0.2) is 20.9 Å². The van der Waals surface area contributed by atoms with Crippen molar-refractivity contribution in [3.8, 4) is 0 Å². The van der Waals surface area contributed by atoms with E-state index in [-0.39, 0.29) is 10.8 Å². The van der Waals surface area contributed by atoms with E-state index in [2.05, 4.69) is 10.0 Å². The molecule has 0 aliphatic heterocycles. The Balaban J connectivity index is 1.98. The van der Waals surface area contributed by atoms with E-state index in [1.165, 1.54) is 17.4 Å². The van der Waals surface area contributed by atoms with Gasteiger partial charge in [-0.15, -0.1) is 11.3 Å². The van der Waals surface area contributed by atoms with E-state index in [0.717, 1.165) is 16.9 Å². The molecule has 2 aromatic rings. The lowest BCUT2D eigenvalue weighted by Gasteiger charge is -2.10. The Hall–Kier alpha value is -1.70. The highest BCUT2D eigenvalue weighted by molar-refractivity contribution is 7.91. The smallest absolute Gasteiger partial charge is 0.250 e. The first-order chi connectivity index (χ1) is 10.4. The molecule has 1 aromatic carbocycles. The number of aryl methyl sites for hydroxylation is 2. The molecule has 2 N–H and O–H groups in total. The summed E-state index contributed by atoms with van der Waals surface area (Å²) in [6.45, 7) is 3.53. The SMILES string of the molecule is CCc1ccccc1NC(=O)CNS(=O)(=O)c1ccc(C)s1. The van der Waals surface area contributed by atoms with Gasteiger partial charge >= 0.3 is 0 Å². The van der Waals surface area contributed by atoms with Gasteiger partial charge in [0.05, 0.1) is 6.54 Å². The van der Waals surface area contributed by atoms with Crippen LogP contribution in [0.3, 0.4) is 0 Å².